The molecular weight excluding hydrogens is 783 g/mol. The van der Waals surface area contributed by atoms with E-state index in [1.54, 1.807) is 18.0 Å². The van der Waals surface area contributed by atoms with E-state index < -0.39 is 6.04 Å². The number of nitrogens with zero attached hydrogens (tertiary/aromatic N) is 5. The van der Waals surface area contributed by atoms with Gasteiger partial charge < -0.3 is 39.7 Å². The van der Waals surface area contributed by atoms with Crippen LogP contribution in [0.3, 0.4) is 0 Å². The number of fused-ring (bicyclic) bond motifs is 2. The first-order chi connectivity index (χ1) is 30.1. The molecule has 1 unspecified atom stereocenters. The lowest BCUT2D eigenvalue weighted by molar-refractivity contribution is -0.125. The Hall–Kier alpha value is -5.44. The summed E-state index contributed by atoms with van der Waals surface area (Å²) in [6.07, 6.45) is 13.2. The van der Waals surface area contributed by atoms with Crippen LogP contribution in [0.1, 0.15) is 92.6 Å². The van der Waals surface area contributed by atoms with Crippen molar-refractivity contribution < 1.29 is 23.6 Å². The van der Waals surface area contributed by atoms with Crippen molar-refractivity contribution in [1.82, 2.24) is 30.7 Å². The van der Waals surface area contributed by atoms with Crippen LogP contribution in [0, 0.1) is 11.8 Å². The van der Waals surface area contributed by atoms with Crippen LogP contribution >= 0.6 is 0 Å². The van der Waals surface area contributed by atoms with Crippen LogP contribution in [-0.2, 0) is 11.3 Å². The number of piperidine rings is 2. The molecule has 2 amide bonds. The number of hydrogen-bond donors (Lipinski definition) is 4. The van der Waals surface area contributed by atoms with Crippen LogP contribution in [0.15, 0.2) is 82.9 Å². The smallest absolute Gasteiger partial charge is 0.255 e. The first-order valence-corrected chi connectivity index (χ1v) is 22.4. The third-order valence-corrected chi connectivity index (χ3v) is 13.0. The number of carbonyl (C=O) groups excluding carboxylic acids is 2. The molecule has 3 aromatic carbocycles. The quantitative estimate of drug-likeness (QED) is 0.0361. The Bertz CT molecular complexity index is 2170. The zero-order valence-corrected chi connectivity index (χ0v) is 36.7. The molecule has 6 N–H and O–H groups in total. The number of nitrogens with one attached hydrogen (secondary N) is 2. The maximum Gasteiger partial charge on any atom is 0.255 e. The predicted octanol–water partition coefficient (Wildman–Crippen LogP) is 6.44. The molecule has 8 rings (SSSR count). The van der Waals surface area contributed by atoms with E-state index in [1.807, 2.05) is 60.7 Å². The van der Waals surface area contributed by atoms with Gasteiger partial charge in [0.05, 0.1) is 5.39 Å². The maximum absolute atomic E-state index is 13.0. The van der Waals surface area contributed by atoms with Gasteiger partial charge in [0.2, 0.25) is 5.91 Å². The second-order valence-corrected chi connectivity index (χ2v) is 17.5. The van der Waals surface area contributed by atoms with Crippen molar-refractivity contribution in [2.24, 2.45) is 28.5 Å². The number of rotatable bonds is 14. The van der Waals surface area contributed by atoms with Crippen LogP contribution in [0.2, 0.25) is 0 Å². The number of hydrazone groups is 1. The summed E-state index contributed by atoms with van der Waals surface area (Å²) >= 11 is 0. The number of hydrogen-bond acceptors (Lipinski definition) is 11. The van der Waals surface area contributed by atoms with E-state index in [0.717, 1.165) is 103 Å². The molecule has 1 aromatic heterocycles. The van der Waals surface area contributed by atoms with Gasteiger partial charge in [0.15, 0.2) is 11.6 Å². The number of nitrogens with two attached hydrogens (primary N) is 2. The zero-order chi connectivity index (χ0) is 43.6. The second-order valence-electron chi connectivity index (χ2n) is 17.5. The summed E-state index contributed by atoms with van der Waals surface area (Å²) in [5.41, 5.74) is 12.1. The average molecular weight is 848 g/mol. The van der Waals surface area contributed by atoms with Gasteiger partial charge in [-0.2, -0.15) is 0 Å². The standard InChI is InChI=1S/C28H41N3O3.C20H24N6O2/c1-4-5-6-26(27(32)29-3)31-19-22-17-24(11-12-25(22)28(31)33)34-23-13-15-30(16-14-23)18-21-9-7-20(2)8-10-21;1-26-9-7-15(8-10-26)27-16-4-2-3-13(11-16)19-17-12-14(20(21)23-25-22)5-6-18(17)24-28-19/h4,11-12,17,20-21,23,26H,1,5-10,13-16,18-19H2,2-3H3,(H,29,32);2-6,11-12,15,25H,7-10,22H2,1H3,(H2,21,23). The van der Waals surface area contributed by atoms with Crippen LogP contribution in [-0.4, -0.2) is 103 Å². The molecule has 1 aliphatic carbocycles. The van der Waals surface area contributed by atoms with Crippen molar-refractivity contribution in [3.63, 3.8) is 0 Å². The summed E-state index contributed by atoms with van der Waals surface area (Å²) in [6.45, 7) is 12.1. The van der Waals surface area contributed by atoms with Gasteiger partial charge in [-0.3, -0.25) is 9.59 Å². The summed E-state index contributed by atoms with van der Waals surface area (Å²) in [7, 11) is 3.75. The average Bonchev–Trinajstić information content (AvgIpc) is 3.86. The van der Waals surface area contributed by atoms with Gasteiger partial charge >= 0.3 is 0 Å². The molecule has 4 aromatic rings. The lowest BCUT2D eigenvalue weighted by Gasteiger charge is -2.36. The lowest BCUT2D eigenvalue weighted by atomic mass is 9.82. The van der Waals surface area contributed by atoms with E-state index in [9.17, 15) is 9.59 Å². The molecule has 3 aliphatic heterocycles. The minimum atomic E-state index is -0.482. The van der Waals surface area contributed by atoms with Crippen LogP contribution in [0.5, 0.6) is 11.5 Å². The van der Waals surface area contributed by atoms with Crippen molar-refractivity contribution in [2.75, 3.05) is 46.8 Å². The lowest BCUT2D eigenvalue weighted by Crippen LogP contribution is -2.46. The molecule has 14 nitrogen and oxygen atoms in total. The normalized spacial score (nSPS) is 20.9. The molecule has 0 bridgehead atoms. The van der Waals surface area contributed by atoms with Crippen molar-refractivity contribution >= 4 is 28.6 Å². The maximum atomic E-state index is 13.0. The number of allylic oxidation sites excluding steroid dienone is 1. The number of amides is 2. The Balaban J connectivity index is 0.000000190. The molecule has 0 radical (unpaired) electrons. The summed E-state index contributed by atoms with van der Waals surface area (Å²) in [5, 5.41) is 11.5. The topological polar surface area (TPSA) is 177 Å². The molecule has 1 saturated carbocycles. The van der Waals surface area contributed by atoms with E-state index in [4.69, 9.17) is 25.6 Å². The van der Waals surface area contributed by atoms with E-state index in [-0.39, 0.29) is 29.9 Å². The van der Waals surface area contributed by atoms with Gasteiger partial charge in [-0.05, 0) is 124 Å². The monoisotopic (exact) mass is 848 g/mol. The largest absolute Gasteiger partial charge is 0.490 e. The number of hydrazine groups is 1. The van der Waals surface area contributed by atoms with Crippen molar-refractivity contribution in [2.45, 2.75) is 95.9 Å². The van der Waals surface area contributed by atoms with E-state index in [2.05, 4.69) is 51.5 Å². The van der Waals surface area contributed by atoms with Gasteiger partial charge in [0.1, 0.15) is 35.3 Å². The molecule has 2 saturated heterocycles. The second kappa shape index (κ2) is 21.1. The summed E-state index contributed by atoms with van der Waals surface area (Å²) in [6, 6.07) is 18.8. The Labute approximate surface area is 366 Å². The van der Waals surface area contributed by atoms with E-state index in [1.165, 1.54) is 32.2 Å². The van der Waals surface area contributed by atoms with Gasteiger partial charge in [-0.25, -0.2) is 11.4 Å². The third kappa shape index (κ3) is 11.1. The number of likely N-dealkylation sites (N-methyl/N-ethyl adjacent to an activating group) is 1. The van der Waals surface area contributed by atoms with E-state index >= 15 is 0 Å². The minimum Gasteiger partial charge on any atom is -0.490 e. The van der Waals surface area contributed by atoms with Crippen molar-refractivity contribution in [3.8, 4) is 22.8 Å². The molecule has 4 heterocycles. The van der Waals surface area contributed by atoms with Gasteiger partial charge in [-0.15, -0.1) is 11.7 Å². The highest BCUT2D eigenvalue weighted by Gasteiger charge is 2.36. The van der Waals surface area contributed by atoms with Gasteiger partial charge in [0, 0.05) is 63.0 Å². The molecular formula is C48H65N9O5. The van der Waals surface area contributed by atoms with Crippen LogP contribution < -0.4 is 31.9 Å². The molecule has 3 fully saturated rings. The summed E-state index contributed by atoms with van der Waals surface area (Å²) in [4.78, 5) is 32.1. The molecule has 4 aliphatic rings. The van der Waals surface area contributed by atoms with Gasteiger partial charge in [0.25, 0.3) is 5.91 Å². The SMILES string of the molecule is C=CCCC(C(=O)NC)N1Cc2cc(OC3CCN(CC4CCC(C)CC4)CC3)ccc2C1=O.CN1CCC(Oc2cccc(-c3onc4ccc(/C(N)=N/NN)cc34)c2)CC1. The van der Waals surface area contributed by atoms with Gasteiger partial charge in [-0.1, -0.05) is 43.1 Å². The third-order valence-electron chi connectivity index (χ3n) is 13.0. The highest BCUT2D eigenvalue weighted by molar-refractivity contribution is 6.03. The Morgan fingerprint density at radius 2 is 1.68 bits per heavy atom. The Kier molecular flexibility index (Phi) is 15.2. The summed E-state index contributed by atoms with van der Waals surface area (Å²) < 4.78 is 18.2. The molecule has 332 valence electrons. The Morgan fingerprint density at radius 1 is 0.968 bits per heavy atom. The predicted molar refractivity (Wildman–Crippen MR) is 243 cm³/mol. The fourth-order valence-corrected chi connectivity index (χ4v) is 9.24. The molecule has 14 heteroatoms. The number of amidine groups is 1. The number of carbonyl (C=O) groups is 2. The first-order valence-electron chi connectivity index (χ1n) is 22.4. The highest BCUT2D eigenvalue weighted by Crippen LogP contribution is 2.34. The Morgan fingerprint density at radius 3 is 2.37 bits per heavy atom. The number of aromatic nitrogens is 1. The van der Waals surface area contributed by atoms with Crippen molar-refractivity contribution in [3.05, 3.63) is 90.0 Å². The zero-order valence-electron chi connectivity index (χ0n) is 36.7. The van der Waals surface area contributed by atoms with Crippen LogP contribution in [0.4, 0.5) is 0 Å². The summed E-state index contributed by atoms with van der Waals surface area (Å²) in [5.74, 6) is 9.40. The molecule has 1 atom stereocenters. The van der Waals surface area contributed by atoms with Crippen molar-refractivity contribution in [1.29, 1.82) is 0 Å². The van der Waals surface area contributed by atoms with E-state index in [0.29, 0.717) is 30.7 Å². The first kappa shape index (κ1) is 44.6. The van der Waals surface area contributed by atoms with Crippen LogP contribution in [0.25, 0.3) is 22.2 Å². The number of likely N-dealkylation sites (tertiary alicyclic amines) is 2. The highest BCUT2D eigenvalue weighted by atomic mass is 16.5. The molecule has 62 heavy (non-hydrogen) atoms. The number of benzene rings is 3. The molecule has 0 spiro atoms. The fraction of sp³-hybridized carbons (Fsp3) is 0.500. The number of ether oxygens (including phenoxy) is 2. The fourth-order valence-electron chi connectivity index (χ4n) is 9.24. The minimum absolute atomic E-state index is 0.0790.